The maximum atomic E-state index is 14.4. The van der Waals surface area contributed by atoms with E-state index in [1.807, 2.05) is 0 Å². The van der Waals surface area contributed by atoms with Crippen LogP contribution in [-0.2, 0) is 10.9 Å². The van der Waals surface area contributed by atoms with E-state index in [0.717, 1.165) is 70.7 Å². The Kier molecular flexibility index (Phi) is 6.85. The lowest BCUT2D eigenvalue weighted by Crippen LogP contribution is -2.32. The zero-order chi connectivity index (χ0) is 24.6. The molecule has 1 aromatic heterocycles. The summed E-state index contributed by atoms with van der Waals surface area (Å²) in [5.74, 6) is 0.882. The summed E-state index contributed by atoms with van der Waals surface area (Å²) in [4.78, 5) is 2.51. The van der Waals surface area contributed by atoms with Crippen LogP contribution in [0.2, 0.25) is 0 Å². The van der Waals surface area contributed by atoms with Crippen LogP contribution >= 0.6 is 0 Å². The SMILES string of the molecule is COc1ccc(-c2cc(C(F)(F)F)c(N[C@@H]3C[C@@H]4CN(CC5CCOCC5)C[C@@H]4C3)nn2)c(F)c1. The van der Waals surface area contributed by atoms with Crippen molar-refractivity contribution in [3.8, 4) is 17.0 Å². The van der Waals surface area contributed by atoms with E-state index >= 15 is 0 Å². The van der Waals surface area contributed by atoms with Gasteiger partial charge in [-0.1, -0.05) is 0 Å². The van der Waals surface area contributed by atoms with Gasteiger partial charge in [0, 0.05) is 50.5 Å². The van der Waals surface area contributed by atoms with E-state index in [9.17, 15) is 17.6 Å². The number of ether oxygens (including phenoxy) is 2. The second-order valence-corrected chi connectivity index (χ2v) is 9.94. The van der Waals surface area contributed by atoms with Crippen molar-refractivity contribution in [3.63, 3.8) is 0 Å². The summed E-state index contributed by atoms with van der Waals surface area (Å²) in [6.07, 6.45) is -0.826. The zero-order valence-corrected chi connectivity index (χ0v) is 19.7. The highest BCUT2D eigenvalue weighted by Crippen LogP contribution is 2.42. The summed E-state index contributed by atoms with van der Waals surface area (Å²) in [5.41, 5.74) is -1.17. The van der Waals surface area contributed by atoms with Crippen molar-refractivity contribution in [1.82, 2.24) is 15.1 Å². The van der Waals surface area contributed by atoms with Gasteiger partial charge in [0.2, 0.25) is 0 Å². The molecule has 2 aliphatic heterocycles. The molecule has 5 rings (SSSR count). The molecule has 1 saturated carbocycles. The van der Waals surface area contributed by atoms with E-state index in [-0.39, 0.29) is 28.9 Å². The minimum Gasteiger partial charge on any atom is -0.497 e. The van der Waals surface area contributed by atoms with Crippen molar-refractivity contribution in [2.24, 2.45) is 17.8 Å². The molecule has 1 N–H and O–H groups in total. The maximum Gasteiger partial charge on any atom is 0.420 e. The van der Waals surface area contributed by atoms with Gasteiger partial charge in [-0.05, 0) is 61.6 Å². The molecule has 0 unspecified atom stereocenters. The number of alkyl halides is 3. The van der Waals surface area contributed by atoms with Gasteiger partial charge in [0.05, 0.1) is 12.8 Å². The first-order chi connectivity index (χ1) is 16.8. The molecule has 0 amide bonds. The fourth-order valence-electron chi connectivity index (χ4n) is 5.83. The molecule has 0 spiro atoms. The molecule has 1 aliphatic carbocycles. The lowest BCUT2D eigenvalue weighted by atomic mass is 10.00. The Labute approximate surface area is 202 Å². The lowest BCUT2D eigenvalue weighted by Gasteiger charge is -2.28. The van der Waals surface area contributed by atoms with Crippen LogP contribution in [0.1, 0.15) is 31.2 Å². The first-order valence-corrected chi connectivity index (χ1v) is 12.2. The summed E-state index contributed by atoms with van der Waals surface area (Å²) >= 11 is 0. The molecular formula is C25H30F4N4O2. The van der Waals surface area contributed by atoms with E-state index in [0.29, 0.717) is 17.8 Å². The number of fused-ring (bicyclic) bond motifs is 1. The largest absolute Gasteiger partial charge is 0.497 e. The highest BCUT2D eigenvalue weighted by atomic mass is 19.4. The minimum absolute atomic E-state index is 0.0598. The summed E-state index contributed by atoms with van der Waals surface area (Å²) in [7, 11) is 1.39. The van der Waals surface area contributed by atoms with Crippen LogP contribution in [-0.4, -0.2) is 61.1 Å². The molecular weight excluding hydrogens is 464 g/mol. The van der Waals surface area contributed by atoms with Crippen LogP contribution in [0.25, 0.3) is 11.3 Å². The predicted octanol–water partition coefficient (Wildman–Crippen LogP) is 4.86. The topological polar surface area (TPSA) is 59.5 Å². The van der Waals surface area contributed by atoms with Gasteiger partial charge in [0.15, 0.2) is 5.82 Å². The van der Waals surface area contributed by atoms with Gasteiger partial charge in [0.25, 0.3) is 0 Å². The molecule has 6 nitrogen and oxygen atoms in total. The standard InChI is InChI=1S/C25H30F4N4O2/c1-34-19-2-3-20(22(26)10-19)23-11-21(25(27,28)29)24(32-31-23)30-18-8-16-13-33(14-17(16)9-18)12-15-4-6-35-7-5-15/h2-3,10-11,15-18H,4-9,12-14H2,1H3,(H,30,32)/t16-,17+,18-. The van der Waals surface area contributed by atoms with E-state index in [2.05, 4.69) is 20.4 Å². The van der Waals surface area contributed by atoms with Gasteiger partial charge in [0.1, 0.15) is 17.1 Å². The van der Waals surface area contributed by atoms with Crippen molar-refractivity contribution in [3.05, 3.63) is 35.6 Å². The molecule has 0 radical (unpaired) electrons. The van der Waals surface area contributed by atoms with Crippen LogP contribution in [0.3, 0.4) is 0 Å². The Morgan fingerprint density at radius 2 is 1.80 bits per heavy atom. The van der Waals surface area contributed by atoms with Gasteiger partial charge in [-0.2, -0.15) is 13.2 Å². The van der Waals surface area contributed by atoms with Crippen molar-refractivity contribution in [2.45, 2.75) is 37.9 Å². The van der Waals surface area contributed by atoms with Crippen LogP contribution in [0.4, 0.5) is 23.4 Å². The van der Waals surface area contributed by atoms with Crippen molar-refractivity contribution in [1.29, 1.82) is 0 Å². The predicted molar refractivity (Wildman–Crippen MR) is 123 cm³/mol. The Balaban J connectivity index is 1.26. The van der Waals surface area contributed by atoms with Crippen molar-refractivity contribution < 1.29 is 27.0 Å². The molecule has 10 heteroatoms. The Morgan fingerprint density at radius 1 is 1.09 bits per heavy atom. The second-order valence-electron chi connectivity index (χ2n) is 9.94. The van der Waals surface area contributed by atoms with Crippen LogP contribution in [0.15, 0.2) is 24.3 Å². The zero-order valence-electron chi connectivity index (χ0n) is 19.7. The molecule has 3 aliphatic rings. The quantitative estimate of drug-likeness (QED) is 0.579. The third-order valence-corrected chi connectivity index (χ3v) is 7.58. The fraction of sp³-hybridized carbons (Fsp3) is 0.600. The van der Waals surface area contributed by atoms with E-state index in [1.54, 1.807) is 0 Å². The van der Waals surface area contributed by atoms with Gasteiger partial charge < -0.3 is 19.7 Å². The van der Waals surface area contributed by atoms with E-state index in [1.165, 1.54) is 19.2 Å². The highest BCUT2D eigenvalue weighted by molar-refractivity contribution is 5.64. The first kappa shape index (κ1) is 24.2. The number of hydrogen-bond acceptors (Lipinski definition) is 6. The summed E-state index contributed by atoms with van der Waals surface area (Å²) < 4.78 is 66.6. The molecule has 3 heterocycles. The normalized spacial score (nSPS) is 25.6. The van der Waals surface area contributed by atoms with Crippen LogP contribution in [0.5, 0.6) is 5.75 Å². The Morgan fingerprint density at radius 3 is 2.43 bits per heavy atom. The third-order valence-electron chi connectivity index (χ3n) is 7.58. The van der Waals surface area contributed by atoms with Gasteiger partial charge in [-0.15, -0.1) is 10.2 Å². The molecule has 3 atom stereocenters. The average molecular weight is 495 g/mol. The maximum absolute atomic E-state index is 14.4. The molecule has 0 bridgehead atoms. The van der Waals surface area contributed by atoms with Crippen LogP contribution in [0, 0.1) is 23.6 Å². The molecule has 3 fully saturated rings. The van der Waals surface area contributed by atoms with Crippen molar-refractivity contribution >= 4 is 5.82 Å². The number of likely N-dealkylation sites (tertiary alicyclic amines) is 1. The lowest BCUT2D eigenvalue weighted by molar-refractivity contribution is -0.137. The molecule has 2 saturated heterocycles. The fourth-order valence-corrected chi connectivity index (χ4v) is 5.83. The van der Waals surface area contributed by atoms with Gasteiger partial charge in [-0.3, -0.25) is 0 Å². The molecule has 35 heavy (non-hydrogen) atoms. The number of benzene rings is 1. The number of hydrogen-bond donors (Lipinski definition) is 1. The van der Waals surface area contributed by atoms with Crippen molar-refractivity contribution in [2.75, 3.05) is 45.3 Å². The summed E-state index contributed by atoms with van der Waals surface area (Å²) in [6.45, 7) is 4.75. The number of anilines is 1. The van der Waals surface area contributed by atoms with E-state index < -0.39 is 17.6 Å². The number of nitrogens with one attached hydrogen (secondary N) is 1. The number of methoxy groups -OCH3 is 1. The highest BCUT2D eigenvalue weighted by Gasteiger charge is 2.43. The number of halogens is 4. The number of aromatic nitrogens is 2. The Hall–Kier alpha value is -2.46. The summed E-state index contributed by atoms with van der Waals surface area (Å²) in [5, 5.41) is 10.8. The van der Waals surface area contributed by atoms with E-state index in [4.69, 9.17) is 9.47 Å². The molecule has 1 aromatic carbocycles. The van der Waals surface area contributed by atoms with Crippen LogP contribution < -0.4 is 10.1 Å². The van der Waals surface area contributed by atoms with Gasteiger partial charge >= 0.3 is 6.18 Å². The monoisotopic (exact) mass is 494 g/mol. The van der Waals surface area contributed by atoms with Gasteiger partial charge in [-0.25, -0.2) is 4.39 Å². The first-order valence-electron chi connectivity index (χ1n) is 12.2. The second kappa shape index (κ2) is 9.89. The third kappa shape index (κ3) is 5.38. The number of nitrogens with zero attached hydrogens (tertiary/aromatic N) is 3. The minimum atomic E-state index is -4.65. The summed E-state index contributed by atoms with van der Waals surface area (Å²) in [6, 6.07) is 4.71. The number of rotatable bonds is 6. The smallest absolute Gasteiger partial charge is 0.420 e. The molecule has 2 aromatic rings. The molecule has 190 valence electrons. The Bertz CT molecular complexity index is 1030. The average Bonchev–Trinajstić information content (AvgIpc) is 3.37.